The summed E-state index contributed by atoms with van der Waals surface area (Å²) in [4.78, 5) is 29.0. The molecule has 8 heteroatoms. The maximum atomic E-state index is 14.1. The Morgan fingerprint density at radius 1 is 0.919 bits per heavy atom. The molecule has 1 aromatic carbocycles. The van der Waals surface area contributed by atoms with Crippen molar-refractivity contribution in [2.45, 2.75) is 128 Å². The standard InChI is InChI=1S/C29H50N2O4Si2/c1-19(2)37(20(3)4,21(5)6)35-22(7)25-26(27(32)31(25)36(11,12)29(8,9)10)30-24(18-34-28(30)33)23-16-14-13-15-17-23/h13-17,19-22,24-26H,18H2,1-12H3/t22-,24+,25-,26-/m0/s1. The zero-order valence-corrected chi connectivity index (χ0v) is 27.2. The van der Waals surface area contributed by atoms with E-state index >= 15 is 0 Å². The second-order valence-corrected chi connectivity index (χ2v) is 24.0. The van der Waals surface area contributed by atoms with Crippen LogP contribution in [0.15, 0.2) is 30.3 Å². The molecule has 0 saturated carbocycles. The van der Waals surface area contributed by atoms with Gasteiger partial charge < -0.3 is 13.7 Å². The minimum Gasteiger partial charge on any atom is -0.447 e. The van der Waals surface area contributed by atoms with Crippen LogP contribution in [-0.2, 0) is 14.0 Å². The van der Waals surface area contributed by atoms with Crippen LogP contribution in [0.5, 0.6) is 0 Å². The average molecular weight is 547 g/mol. The van der Waals surface area contributed by atoms with Crippen LogP contribution in [0.4, 0.5) is 4.79 Å². The molecule has 0 bridgehead atoms. The molecule has 2 heterocycles. The topological polar surface area (TPSA) is 59.1 Å². The van der Waals surface area contributed by atoms with Crippen LogP contribution >= 0.6 is 0 Å². The Morgan fingerprint density at radius 3 is 1.89 bits per heavy atom. The Balaban J connectivity index is 2.09. The summed E-state index contributed by atoms with van der Waals surface area (Å²) in [5.74, 6) is 0.0396. The Bertz CT molecular complexity index is 952. The van der Waals surface area contributed by atoms with Gasteiger partial charge in [0.05, 0.1) is 18.2 Å². The third kappa shape index (κ3) is 4.94. The average Bonchev–Trinajstić information content (AvgIpc) is 3.15. The molecule has 37 heavy (non-hydrogen) atoms. The predicted octanol–water partition coefficient (Wildman–Crippen LogP) is 7.35. The molecule has 0 spiro atoms. The summed E-state index contributed by atoms with van der Waals surface area (Å²) < 4.78 is 15.0. The summed E-state index contributed by atoms with van der Waals surface area (Å²) in [5.41, 5.74) is 2.28. The zero-order chi connectivity index (χ0) is 28.1. The van der Waals surface area contributed by atoms with Crippen LogP contribution < -0.4 is 0 Å². The number of benzene rings is 1. The van der Waals surface area contributed by atoms with Crippen molar-refractivity contribution in [3.8, 4) is 0 Å². The van der Waals surface area contributed by atoms with Gasteiger partial charge in [-0.25, -0.2) is 4.79 Å². The molecular weight excluding hydrogens is 497 g/mol. The van der Waals surface area contributed by atoms with Gasteiger partial charge in [0.2, 0.25) is 14.2 Å². The van der Waals surface area contributed by atoms with Gasteiger partial charge in [-0.05, 0) is 34.1 Å². The lowest BCUT2D eigenvalue weighted by atomic mass is 9.91. The first kappa shape index (κ1) is 29.9. The van der Waals surface area contributed by atoms with E-state index in [2.05, 4.69) is 86.9 Å². The number of cyclic esters (lactones) is 1. The second kappa shape index (κ2) is 10.5. The molecule has 2 aliphatic rings. The highest BCUT2D eigenvalue weighted by Crippen LogP contribution is 2.49. The summed E-state index contributed by atoms with van der Waals surface area (Å²) in [5, 5.41) is -0.0292. The first-order chi connectivity index (χ1) is 17.0. The summed E-state index contributed by atoms with van der Waals surface area (Å²) in [6.45, 7) is 27.4. The van der Waals surface area contributed by atoms with Crippen molar-refractivity contribution in [1.29, 1.82) is 0 Å². The van der Waals surface area contributed by atoms with Crippen LogP contribution in [-0.4, -0.2) is 62.8 Å². The van der Waals surface area contributed by atoms with Gasteiger partial charge in [0.1, 0.15) is 12.6 Å². The normalized spacial score (nSPS) is 24.2. The lowest BCUT2D eigenvalue weighted by Gasteiger charge is -2.62. The molecule has 0 radical (unpaired) electrons. The van der Waals surface area contributed by atoms with Gasteiger partial charge >= 0.3 is 6.09 Å². The minimum absolute atomic E-state index is 0.0292. The number of rotatable bonds is 9. The van der Waals surface area contributed by atoms with E-state index in [0.717, 1.165) is 5.56 Å². The van der Waals surface area contributed by atoms with Gasteiger partial charge in [-0.1, -0.05) is 106 Å². The fourth-order valence-corrected chi connectivity index (χ4v) is 14.8. The van der Waals surface area contributed by atoms with E-state index in [9.17, 15) is 9.59 Å². The highest BCUT2D eigenvalue weighted by molar-refractivity contribution is 6.80. The molecule has 2 saturated heterocycles. The molecule has 1 aromatic rings. The van der Waals surface area contributed by atoms with Gasteiger partial charge in [0.15, 0.2) is 8.24 Å². The van der Waals surface area contributed by atoms with Crippen LogP contribution in [0.3, 0.4) is 0 Å². The summed E-state index contributed by atoms with van der Waals surface area (Å²) >= 11 is 0. The third-order valence-corrected chi connectivity index (χ3v) is 21.1. The molecule has 208 valence electrons. The molecular formula is C29H50N2O4Si2. The van der Waals surface area contributed by atoms with E-state index in [-0.39, 0.29) is 35.7 Å². The van der Waals surface area contributed by atoms with E-state index in [4.69, 9.17) is 9.16 Å². The molecule has 2 fully saturated rings. The smallest absolute Gasteiger partial charge is 0.411 e. The second-order valence-electron chi connectivity index (χ2n) is 13.5. The fourth-order valence-electron chi connectivity index (χ4n) is 6.73. The first-order valence-corrected chi connectivity index (χ1v) is 19.1. The van der Waals surface area contributed by atoms with Gasteiger partial charge in [-0.2, -0.15) is 0 Å². The van der Waals surface area contributed by atoms with E-state index < -0.39 is 28.7 Å². The van der Waals surface area contributed by atoms with Crippen molar-refractivity contribution in [2.24, 2.45) is 0 Å². The van der Waals surface area contributed by atoms with E-state index in [0.29, 0.717) is 16.6 Å². The number of β-lactam (4-membered cyclic amide) rings is 1. The molecule has 3 rings (SSSR count). The molecule has 4 atom stereocenters. The maximum absolute atomic E-state index is 14.1. The summed E-state index contributed by atoms with van der Waals surface area (Å²) in [6.07, 6.45) is -0.597. The summed E-state index contributed by atoms with van der Waals surface area (Å²) in [6, 6.07) is 8.87. The first-order valence-electron chi connectivity index (χ1n) is 14.0. The SMILES string of the molecule is CC(C)[Si](O[C@@H](C)[C@H]1[C@H](N2C(=O)OC[C@@H]2c2ccccc2)C(=O)N1[Si](C)(C)C(C)(C)C)(C(C)C)C(C)C. The van der Waals surface area contributed by atoms with Crippen molar-refractivity contribution in [2.75, 3.05) is 6.61 Å². The third-order valence-electron chi connectivity index (χ3n) is 9.52. The van der Waals surface area contributed by atoms with E-state index in [1.54, 1.807) is 4.90 Å². The predicted molar refractivity (Wildman–Crippen MR) is 156 cm³/mol. The number of hydrogen-bond acceptors (Lipinski definition) is 4. The van der Waals surface area contributed by atoms with Crippen molar-refractivity contribution in [1.82, 2.24) is 9.47 Å². The van der Waals surface area contributed by atoms with Crippen LogP contribution in [0.1, 0.15) is 80.8 Å². The number of carbonyl (C=O) groups is 2. The maximum Gasteiger partial charge on any atom is 0.411 e. The largest absolute Gasteiger partial charge is 0.447 e. The Labute approximate surface area is 227 Å². The van der Waals surface area contributed by atoms with Gasteiger partial charge in [-0.15, -0.1) is 0 Å². The molecule has 0 aromatic heterocycles. The molecule has 0 aliphatic carbocycles. The monoisotopic (exact) mass is 546 g/mol. The quantitative estimate of drug-likeness (QED) is 0.240. The molecule has 0 unspecified atom stereocenters. The van der Waals surface area contributed by atoms with Crippen molar-refractivity contribution < 1.29 is 18.8 Å². The number of hydrogen-bond donors (Lipinski definition) is 0. The lowest BCUT2D eigenvalue weighted by molar-refractivity contribution is -0.155. The van der Waals surface area contributed by atoms with Crippen LogP contribution in [0.25, 0.3) is 0 Å². The Morgan fingerprint density at radius 2 is 1.43 bits per heavy atom. The molecule has 2 amide bonds. The Hall–Kier alpha value is -1.65. The van der Waals surface area contributed by atoms with Crippen molar-refractivity contribution in [3.05, 3.63) is 35.9 Å². The van der Waals surface area contributed by atoms with Crippen LogP contribution in [0.2, 0.25) is 34.8 Å². The van der Waals surface area contributed by atoms with E-state index in [1.165, 1.54) is 0 Å². The van der Waals surface area contributed by atoms with Crippen LogP contribution in [0, 0.1) is 0 Å². The lowest BCUT2D eigenvalue weighted by Crippen LogP contribution is -2.81. The minimum atomic E-state index is -2.24. The number of nitrogens with zero attached hydrogens (tertiary/aromatic N) is 2. The summed E-state index contributed by atoms with van der Waals surface area (Å²) in [7, 11) is -4.46. The number of amides is 2. The molecule has 0 N–H and O–H groups in total. The van der Waals surface area contributed by atoms with E-state index in [1.807, 2.05) is 30.3 Å². The van der Waals surface area contributed by atoms with Gasteiger partial charge in [0, 0.05) is 0 Å². The van der Waals surface area contributed by atoms with Crippen molar-refractivity contribution >= 4 is 28.6 Å². The fraction of sp³-hybridized carbons (Fsp3) is 0.724. The van der Waals surface area contributed by atoms with Gasteiger partial charge in [0.25, 0.3) is 0 Å². The Kier molecular flexibility index (Phi) is 8.48. The highest BCUT2D eigenvalue weighted by Gasteiger charge is 2.64. The van der Waals surface area contributed by atoms with Gasteiger partial charge in [-0.3, -0.25) is 9.69 Å². The number of carbonyl (C=O) groups excluding carboxylic acids is 2. The molecule has 2 aliphatic heterocycles. The zero-order valence-electron chi connectivity index (χ0n) is 25.2. The molecule has 6 nitrogen and oxygen atoms in total. The highest BCUT2D eigenvalue weighted by atomic mass is 28.4. The van der Waals surface area contributed by atoms with Crippen molar-refractivity contribution in [3.63, 3.8) is 0 Å². The number of ether oxygens (including phenoxy) is 1.